The maximum Gasteiger partial charge on any atom is 0.259 e. The molecule has 0 aliphatic heterocycles. The van der Waals surface area contributed by atoms with E-state index in [1.807, 2.05) is 24.3 Å². The van der Waals surface area contributed by atoms with Gasteiger partial charge in [0.25, 0.3) is 5.91 Å². The second kappa shape index (κ2) is 10.8. The van der Waals surface area contributed by atoms with Crippen LogP contribution in [0.15, 0.2) is 29.3 Å². The molecule has 0 saturated heterocycles. The first-order valence-corrected chi connectivity index (χ1v) is 9.94. The molecule has 6 nitrogen and oxygen atoms in total. The van der Waals surface area contributed by atoms with Gasteiger partial charge in [-0.25, -0.2) is 4.99 Å². The molecule has 1 fully saturated rings. The van der Waals surface area contributed by atoms with E-state index in [2.05, 4.69) is 24.5 Å². The third-order valence-electron chi connectivity index (χ3n) is 4.88. The molecule has 0 heterocycles. The second-order valence-corrected chi connectivity index (χ2v) is 7.52. The van der Waals surface area contributed by atoms with Crippen LogP contribution in [0.5, 0.6) is 5.75 Å². The lowest BCUT2D eigenvalue weighted by Crippen LogP contribution is -2.44. The number of carbonyl (C=O) groups is 1. The Labute approximate surface area is 163 Å². The van der Waals surface area contributed by atoms with Crippen LogP contribution >= 0.6 is 0 Å². The molecule has 0 bridgehead atoms. The first-order chi connectivity index (χ1) is 13.0. The van der Waals surface area contributed by atoms with E-state index in [0.29, 0.717) is 18.3 Å². The summed E-state index contributed by atoms with van der Waals surface area (Å²) in [5.74, 6) is 2.34. The number of hydrogen-bond acceptors (Lipinski definition) is 3. The van der Waals surface area contributed by atoms with Crippen LogP contribution in [0.25, 0.3) is 0 Å². The molecule has 1 saturated carbocycles. The van der Waals surface area contributed by atoms with Gasteiger partial charge in [0.05, 0.1) is 6.54 Å². The van der Waals surface area contributed by atoms with Crippen molar-refractivity contribution in [1.82, 2.24) is 15.5 Å². The van der Waals surface area contributed by atoms with Gasteiger partial charge in [-0.05, 0) is 56.2 Å². The molecule has 1 aromatic rings. The molecule has 2 rings (SSSR count). The van der Waals surface area contributed by atoms with Crippen LogP contribution < -0.4 is 15.4 Å². The fraction of sp³-hybridized carbons (Fsp3) is 0.619. The number of ether oxygens (including phenoxy) is 1. The van der Waals surface area contributed by atoms with E-state index >= 15 is 0 Å². The summed E-state index contributed by atoms with van der Waals surface area (Å²) in [4.78, 5) is 17.9. The first-order valence-electron chi connectivity index (χ1n) is 9.94. The summed E-state index contributed by atoms with van der Waals surface area (Å²) in [6.07, 6.45) is 4.97. The van der Waals surface area contributed by atoms with Crippen molar-refractivity contribution in [2.45, 2.75) is 52.1 Å². The summed E-state index contributed by atoms with van der Waals surface area (Å²) >= 11 is 0. The van der Waals surface area contributed by atoms with E-state index in [1.165, 1.54) is 30.6 Å². The van der Waals surface area contributed by atoms with Crippen LogP contribution in [0, 0.1) is 5.92 Å². The van der Waals surface area contributed by atoms with Gasteiger partial charge in [0.15, 0.2) is 12.6 Å². The number of amides is 1. The molecule has 150 valence electrons. The molecule has 0 radical (unpaired) electrons. The molecule has 0 unspecified atom stereocenters. The Hall–Kier alpha value is -2.24. The van der Waals surface area contributed by atoms with E-state index in [1.54, 1.807) is 14.1 Å². The monoisotopic (exact) mass is 374 g/mol. The number of aliphatic imine (C=N–C) groups is 1. The van der Waals surface area contributed by atoms with E-state index in [9.17, 15) is 4.79 Å². The Morgan fingerprint density at radius 1 is 1.26 bits per heavy atom. The number of carbonyl (C=O) groups excluding carboxylic acids is 1. The fourth-order valence-electron chi connectivity index (χ4n) is 3.10. The lowest BCUT2D eigenvalue weighted by molar-refractivity contribution is -0.130. The Bertz CT molecular complexity index is 622. The SMILES string of the molecule is CCNC(=NCc1cccc(OCC(=O)N(C)C)c1)NC1CCC(C)CC1. The Balaban J connectivity index is 1.92. The molecule has 6 heteroatoms. The van der Waals surface area contributed by atoms with Crippen molar-refractivity contribution in [2.75, 3.05) is 27.2 Å². The van der Waals surface area contributed by atoms with Gasteiger partial charge in [-0.1, -0.05) is 19.1 Å². The summed E-state index contributed by atoms with van der Waals surface area (Å²) in [5, 5.41) is 6.91. The Morgan fingerprint density at radius 2 is 2.00 bits per heavy atom. The van der Waals surface area contributed by atoms with Gasteiger partial charge in [0, 0.05) is 26.7 Å². The highest BCUT2D eigenvalue weighted by atomic mass is 16.5. The minimum absolute atomic E-state index is 0.0457. The molecule has 1 aliphatic rings. The van der Waals surface area contributed by atoms with Crippen LogP contribution in [0.1, 0.15) is 45.1 Å². The van der Waals surface area contributed by atoms with E-state index in [0.717, 1.165) is 24.0 Å². The number of nitrogens with one attached hydrogen (secondary N) is 2. The summed E-state index contributed by atoms with van der Waals surface area (Å²) in [7, 11) is 3.44. The van der Waals surface area contributed by atoms with Gasteiger partial charge in [0.2, 0.25) is 0 Å². The molecule has 0 spiro atoms. The lowest BCUT2D eigenvalue weighted by atomic mass is 9.87. The number of nitrogens with zero attached hydrogens (tertiary/aromatic N) is 2. The van der Waals surface area contributed by atoms with Crippen molar-refractivity contribution in [3.05, 3.63) is 29.8 Å². The van der Waals surface area contributed by atoms with Crippen LogP contribution in [0.4, 0.5) is 0 Å². The van der Waals surface area contributed by atoms with Crippen molar-refractivity contribution in [3.63, 3.8) is 0 Å². The summed E-state index contributed by atoms with van der Waals surface area (Å²) < 4.78 is 5.58. The van der Waals surface area contributed by atoms with Gasteiger partial charge in [-0.2, -0.15) is 0 Å². The highest BCUT2D eigenvalue weighted by Crippen LogP contribution is 2.23. The number of guanidine groups is 1. The Kier molecular flexibility index (Phi) is 8.43. The van der Waals surface area contributed by atoms with Gasteiger partial charge in [0.1, 0.15) is 5.75 Å². The average molecular weight is 375 g/mol. The topological polar surface area (TPSA) is 66.0 Å². The molecule has 0 atom stereocenters. The summed E-state index contributed by atoms with van der Waals surface area (Å²) in [5.41, 5.74) is 1.05. The van der Waals surface area contributed by atoms with Crippen LogP contribution in [-0.2, 0) is 11.3 Å². The minimum atomic E-state index is -0.0566. The van der Waals surface area contributed by atoms with E-state index < -0.39 is 0 Å². The molecule has 1 aromatic carbocycles. The standard InChI is InChI=1S/C21H34N4O2/c1-5-22-21(24-18-11-9-16(2)10-12-18)23-14-17-7-6-8-19(13-17)27-15-20(26)25(3)4/h6-8,13,16,18H,5,9-12,14-15H2,1-4H3,(H2,22,23,24). The maximum atomic E-state index is 11.7. The molecule has 1 amide bonds. The van der Waals surface area contributed by atoms with Crippen molar-refractivity contribution in [2.24, 2.45) is 10.9 Å². The highest BCUT2D eigenvalue weighted by Gasteiger charge is 2.18. The average Bonchev–Trinajstić information content (AvgIpc) is 2.66. The zero-order valence-electron chi connectivity index (χ0n) is 17.1. The molecule has 0 aromatic heterocycles. The lowest BCUT2D eigenvalue weighted by Gasteiger charge is -2.28. The molecular weight excluding hydrogens is 340 g/mol. The van der Waals surface area contributed by atoms with Crippen molar-refractivity contribution < 1.29 is 9.53 Å². The normalized spacial score (nSPS) is 20.1. The number of hydrogen-bond donors (Lipinski definition) is 2. The van der Waals surface area contributed by atoms with Crippen molar-refractivity contribution in [3.8, 4) is 5.75 Å². The zero-order valence-corrected chi connectivity index (χ0v) is 17.1. The van der Waals surface area contributed by atoms with Gasteiger partial charge >= 0.3 is 0 Å². The van der Waals surface area contributed by atoms with Crippen molar-refractivity contribution >= 4 is 11.9 Å². The maximum absolute atomic E-state index is 11.7. The van der Waals surface area contributed by atoms with Crippen LogP contribution in [-0.4, -0.2) is 50.1 Å². The second-order valence-electron chi connectivity index (χ2n) is 7.52. The third kappa shape index (κ3) is 7.49. The number of rotatable bonds is 7. The van der Waals surface area contributed by atoms with Crippen LogP contribution in [0.3, 0.4) is 0 Å². The predicted molar refractivity (Wildman–Crippen MR) is 110 cm³/mol. The van der Waals surface area contributed by atoms with Crippen LogP contribution in [0.2, 0.25) is 0 Å². The zero-order chi connectivity index (χ0) is 19.6. The molecule has 2 N–H and O–H groups in total. The molecule has 27 heavy (non-hydrogen) atoms. The fourth-order valence-corrected chi connectivity index (χ4v) is 3.10. The van der Waals surface area contributed by atoms with Gasteiger partial charge < -0.3 is 20.3 Å². The van der Waals surface area contributed by atoms with Gasteiger partial charge in [-0.15, -0.1) is 0 Å². The Morgan fingerprint density at radius 3 is 2.67 bits per heavy atom. The van der Waals surface area contributed by atoms with E-state index in [-0.39, 0.29) is 12.5 Å². The van der Waals surface area contributed by atoms with Crippen molar-refractivity contribution in [1.29, 1.82) is 0 Å². The largest absolute Gasteiger partial charge is 0.484 e. The predicted octanol–water partition coefficient (Wildman–Crippen LogP) is 2.79. The third-order valence-corrected chi connectivity index (χ3v) is 4.88. The smallest absolute Gasteiger partial charge is 0.259 e. The number of benzene rings is 1. The highest BCUT2D eigenvalue weighted by molar-refractivity contribution is 5.80. The quantitative estimate of drug-likeness (QED) is 0.569. The molecule has 1 aliphatic carbocycles. The summed E-state index contributed by atoms with van der Waals surface area (Å²) in [6, 6.07) is 8.27. The number of likely N-dealkylation sites (N-methyl/N-ethyl adjacent to an activating group) is 1. The first kappa shape index (κ1) is 21.1. The molecular formula is C21H34N4O2. The minimum Gasteiger partial charge on any atom is -0.484 e. The van der Waals surface area contributed by atoms with E-state index in [4.69, 9.17) is 9.73 Å². The summed E-state index contributed by atoms with van der Waals surface area (Å²) in [6.45, 7) is 5.86. The van der Waals surface area contributed by atoms with Gasteiger partial charge in [-0.3, -0.25) is 4.79 Å².